The Kier molecular flexibility index (Phi) is 12.0. The van der Waals surface area contributed by atoms with Crippen LogP contribution in [0.25, 0.3) is 0 Å². The molecule has 1 aliphatic rings. The van der Waals surface area contributed by atoms with Gasteiger partial charge >= 0.3 is 0 Å². The van der Waals surface area contributed by atoms with E-state index in [4.69, 9.17) is 9.47 Å². The maximum atomic E-state index is 13.2. The second-order valence-electron chi connectivity index (χ2n) is 11.8. The Balaban J connectivity index is 1.38. The molecule has 3 atom stereocenters. The Labute approximate surface area is 277 Å². The highest BCUT2D eigenvalue weighted by molar-refractivity contribution is 7.99. The molecule has 2 N–H and O–H groups in total. The summed E-state index contributed by atoms with van der Waals surface area (Å²) in [6, 6.07) is 19.5. The lowest BCUT2D eigenvalue weighted by atomic mass is 9.91. The number of likely N-dealkylation sites (tertiary alicyclic amines) is 1. The quantitative estimate of drug-likeness (QED) is 0.0960. The largest absolute Gasteiger partial charge is 0.496 e. The summed E-state index contributed by atoms with van der Waals surface area (Å²) in [6.07, 6.45) is 3.30. The van der Waals surface area contributed by atoms with Crippen LogP contribution in [0.4, 0.5) is 5.69 Å². The zero-order chi connectivity index (χ0) is 33.4. The molecule has 8 nitrogen and oxygen atoms in total. The van der Waals surface area contributed by atoms with Gasteiger partial charge in [0.2, 0.25) is 5.91 Å². The molecule has 0 bridgehead atoms. The van der Waals surface area contributed by atoms with E-state index in [9.17, 15) is 14.7 Å². The van der Waals surface area contributed by atoms with E-state index in [0.29, 0.717) is 35.7 Å². The highest BCUT2D eigenvalue weighted by Crippen LogP contribution is 2.35. The highest BCUT2D eigenvalue weighted by Gasteiger charge is 2.36. The summed E-state index contributed by atoms with van der Waals surface area (Å²) in [7, 11) is 5.12. The number of benzene rings is 3. The predicted octanol–water partition coefficient (Wildman–Crippen LogP) is 6.43. The maximum absolute atomic E-state index is 13.2. The van der Waals surface area contributed by atoms with Crippen molar-refractivity contribution in [2.75, 3.05) is 45.5 Å². The van der Waals surface area contributed by atoms with E-state index in [0.717, 1.165) is 33.0 Å². The number of nitrogens with one attached hydrogen (secondary N) is 1. The number of carbonyl (C=O) groups is 2. The van der Waals surface area contributed by atoms with E-state index in [1.165, 1.54) is 0 Å². The van der Waals surface area contributed by atoms with Crippen LogP contribution in [0.2, 0.25) is 0 Å². The van der Waals surface area contributed by atoms with Crippen LogP contribution in [0.15, 0.2) is 89.9 Å². The molecular weight excluding hydrogens is 598 g/mol. The SMILES string of the molecule is C=C(CC(/C=C\C)c1ccc(OC)c(SCNc2cccc(OC3CN(C(=O)c4cc(C)ccc4C)CC3O)c2)c1)C(=O)N(C)C. The molecule has 9 heteroatoms. The van der Waals surface area contributed by atoms with Gasteiger partial charge in [0.25, 0.3) is 5.91 Å². The average Bonchev–Trinajstić information content (AvgIpc) is 3.40. The molecule has 0 aliphatic carbocycles. The van der Waals surface area contributed by atoms with E-state index in [1.807, 2.05) is 81.4 Å². The summed E-state index contributed by atoms with van der Waals surface area (Å²) < 4.78 is 11.8. The first kappa shape index (κ1) is 34.7. The van der Waals surface area contributed by atoms with E-state index in [2.05, 4.69) is 24.0 Å². The predicted molar refractivity (Wildman–Crippen MR) is 186 cm³/mol. The molecule has 3 unspecified atom stereocenters. The minimum absolute atomic E-state index is 0.00596. The number of ether oxygens (including phenoxy) is 2. The lowest BCUT2D eigenvalue weighted by molar-refractivity contribution is -0.124. The van der Waals surface area contributed by atoms with Gasteiger partial charge in [0, 0.05) is 42.9 Å². The fraction of sp³-hybridized carbons (Fsp3) is 0.351. The lowest BCUT2D eigenvalue weighted by Gasteiger charge is -2.19. The molecule has 3 aromatic carbocycles. The number of rotatable bonds is 13. The first-order valence-electron chi connectivity index (χ1n) is 15.4. The molecule has 1 saturated heterocycles. The van der Waals surface area contributed by atoms with Crippen molar-refractivity contribution in [1.82, 2.24) is 9.80 Å². The fourth-order valence-electron chi connectivity index (χ4n) is 5.46. The number of thioether (sulfide) groups is 1. The number of β-amino-alcohol motifs (C(OH)–C–C–N with tert-alkyl or cyclic N) is 1. The number of hydrogen-bond acceptors (Lipinski definition) is 7. The molecular formula is C37H45N3O5S. The molecule has 3 aromatic rings. The molecule has 244 valence electrons. The van der Waals surface area contributed by atoms with Gasteiger partial charge < -0.3 is 29.7 Å². The van der Waals surface area contributed by atoms with Crippen LogP contribution in [0.5, 0.6) is 11.5 Å². The van der Waals surface area contributed by atoms with Crippen molar-refractivity contribution in [2.45, 2.75) is 50.2 Å². The van der Waals surface area contributed by atoms with Crippen LogP contribution in [-0.4, -0.2) is 79.1 Å². The first-order chi connectivity index (χ1) is 22.0. The second kappa shape index (κ2) is 15.9. The summed E-state index contributed by atoms with van der Waals surface area (Å²) in [6.45, 7) is 10.4. The van der Waals surface area contributed by atoms with Gasteiger partial charge in [-0.3, -0.25) is 9.59 Å². The van der Waals surface area contributed by atoms with Crippen molar-refractivity contribution in [3.8, 4) is 11.5 Å². The van der Waals surface area contributed by atoms with Crippen molar-refractivity contribution in [2.24, 2.45) is 0 Å². The third kappa shape index (κ3) is 8.73. The summed E-state index contributed by atoms with van der Waals surface area (Å²) in [4.78, 5) is 29.8. The fourth-order valence-corrected chi connectivity index (χ4v) is 6.37. The minimum Gasteiger partial charge on any atom is -0.496 e. The Hall–Kier alpha value is -4.21. The van der Waals surface area contributed by atoms with Gasteiger partial charge in [-0.05, 0) is 68.7 Å². The molecule has 0 radical (unpaired) electrons. The first-order valence-corrected chi connectivity index (χ1v) is 16.4. The zero-order valence-corrected chi connectivity index (χ0v) is 28.4. The van der Waals surface area contributed by atoms with Gasteiger partial charge in [-0.2, -0.15) is 0 Å². The van der Waals surface area contributed by atoms with Gasteiger partial charge in [0.05, 0.1) is 31.0 Å². The number of anilines is 1. The van der Waals surface area contributed by atoms with Crippen LogP contribution in [0, 0.1) is 13.8 Å². The van der Waals surface area contributed by atoms with Gasteiger partial charge in [-0.1, -0.05) is 48.6 Å². The highest BCUT2D eigenvalue weighted by atomic mass is 32.2. The Morgan fingerprint density at radius 1 is 1.13 bits per heavy atom. The third-order valence-corrected chi connectivity index (χ3v) is 8.91. The molecule has 1 aliphatic heterocycles. The minimum atomic E-state index is -0.787. The molecule has 1 fully saturated rings. The number of aliphatic hydroxyl groups is 1. The molecule has 0 saturated carbocycles. The Morgan fingerprint density at radius 2 is 1.91 bits per heavy atom. The zero-order valence-electron chi connectivity index (χ0n) is 27.6. The maximum Gasteiger partial charge on any atom is 0.254 e. The van der Waals surface area contributed by atoms with Gasteiger partial charge in [0.15, 0.2) is 0 Å². The van der Waals surface area contributed by atoms with Crippen LogP contribution >= 0.6 is 11.8 Å². The van der Waals surface area contributed by atoms with Crippen LogP contribution in [-0.2, 0) is 4.79 Å². The number of methoxy groups -OCH3 is 1. The van der Waals surface area contributed by atoms with Gasteiger partial charge in [-0.25, -0.2) is 0 Å². The van der Waals surface area contributed by atoms with Crippen LogP contribution < -0.4 is 14.8 Å². The van der Waals surface area contributed by atoms with Crippen molar-refractivity contribution in [3.63, 3.8) is 0 Å². The summed E-state index contributed by atoms with van der Waals surface area (Å²) >= 11 is 1.61. The normalized spacial score (nSPS) is 16.7. The number of aryl methyl sites for hydroxylation is 2. The van der Waals surface area contributed by atoms with E-state index >= 15 is 0 Å². The molecule has 1 heterocycles. The monoisotopic (exact) mass is 643 g/mol. The van der Waals surface area contributed by atoms with Crippen molar-refractivity contribution >= 4 is 29.3 Å². The Bertz CT molecular complexity index is 1590. The molecule has 0 spiro atoms. The van der Waals surface area contributed by atoms with Crippen LogP contribution in [0.3, 0.4) is 0 Å². The lowest BCUT2D eigenvalue weighted by Crippen LogP contribution is -2.31. The topological polar surface area (TPSA) is 91.3 Å². The number of nitrogens with zero attached hydrogens (tertiary/aromatic N) is 2. The Morgan fingerprint density at radius 3 is 2.63 bits per heavy atom. The average molecular weight is 644 g/mol. The van der Waals surface area contributed by atoms with Gasteiger partial charge in [-0.15, -0.1) is 11.8 Å². The van der Waals surface area contributed by atoms with Crippen LogP contribution in [0.1, 0.15) is 46.3 Å². The number of hydrogen-bond donors (Lipinski definition) is 2. The molecule has 4 rings (SSSR count). The number of likely N-dealkylation sites (N-methyl/N-ethyl adjacent to an activating group) is 1. The standard InChI is InChI=1S/C37H45N3O5S/c1-8-10-27(18-26(4)36(42)39(5)6)28-15-16-33(44-7)35(19-28)46-23-38-29-11-9-12-30(20-29)45-34-22-40(21-32(34)41)37(43)31-17-24(2)13-14-25(31)3/h8-17,19-20,27,32,34,38,41H,4,18,21-23H2,1-3,5-7H3/b10-8-. The number of allylic oxidation sites excluding steroid dienone is 2. The van der Waals surface area contributed by atoms with E-state index in [1.54, 1.807) is 42.8 Å². The molecule has 2 amide bonds. The summed E-state index contributed by atoms with van der Waals surface area (Å²) in [5.74, 6) is 1.78. The van der Waals surface area contributed by atoms with Crippen molar-refractivity contribution in [3.05, 3.63) is 107 Å². The van der Waals surface area contributed by atoms with Crippen molar-refractivity contribution in [1.29, 1.82) is 0 Å². The smallest absolute Gasteiger partial charge is 0.254 e. The van der Waals surface area contributed by atoms with E-state index < -0.39 is 12.2 Å². The number of aliphatic hydroxyl groups excluding tert-OH is 1. The number of carbonyl (C=O) groups excluding carboxylic acids is 2. The van der Waals surface area contributed by atoms with Gasteiger partial charge in [0.1, 0.15) is 23.7 Å². The third-order valence-electron chi connectivity index (χ3n) is 7.99. The summed E-state index contributed by atoms with van der Waals surface area (Å²) in [5.41, 5.74) is 5.09. The molecule has 0 aromatic heterocycles. The second-order valence-corrected chi connectivity index (χ2v) is 12.8. The number of amides is 2. The van der Waals surface area contributed by atoms with Crippen molar-refractivity contribution < 1.29 is 24.2 Å². The van der Waals surface area contributed by atoms with E-state index in [-0.39, 0.29) is 24.3 Å². The summed E-state index contributed by atoms with van der Waals surface area (Å²) in [5, 5.41) is 14.2. The molecule has 46 heavy (non-hydrogen) atoms.